The van der Waals surface area contributed by atoms with Gasteiger partial charge in [0.1, 0.15) is 5.75 Å². The first-order valence-corrected chi connectivity index (χ1v) is 11.6. The fraction of sp³-hybridized carbons (Fsp3) is 0.318. The van der Waals surface area contributed by atoms with E-state index in [4.69, 9.17) is 14.2 Å². The molecule has 2 rings (SSSR count). The van der Waals surface area contributed by atoms with Crippen LogP contribution >= 0.6 is 0 Å². The van der Waals surface area contributed by atoms with E-state index >= 15 is 0 Å². The Bertz CT molecular complexity index is 1130. The van der Waals surface area contributed by atoms with Crippen LogP contribution in [0.25, 0.3) is 0 Å². The van der Waals surface area contributed by atoms with E-state index in [0.717, 1.165) is 11.8 Å². The van der Waals surface area contributed by atoms with Gasteiger partial charge < -0.3 is 14.8 Å². The molecule has 10 nitrogen and oxygen atoms in total. The van der Waals surface area contributed by atoms with Crippen molar-refractivity contribution in [3.05, 3.63) is 53.6 Å². The maximum Gasteiger partial charge on any atom is 0.326 e. The molecule has 11 heteroatoms. The highest BCUT2D eigenvalue weighted by molar-refractivity contribution is 7.85. The van der Waals surface area contributed by atoms with Gasteiger partial charge in [-0.15, -0.1) is 0 Å². The van der Waals surface area contributed by atoms with Crippen molar-refractivity contribution in [2.75, 3.05) is 43.8 Å². The zero-order valence-corrected chi connectivity index (χ0v) is 19.3. The van der Waals surface area contributed by atoms with Crippen molar-refractivity contribution in [3.63, 3.8) is 0 Å². The van der Waals surface area contributed by atoms with Crippen LogP contribution in [0.2, 0.25) is 0 Å². The average Bonchev–Trinajstić information content (AvgIpc) is 2.80. The molecule has 0 spiro atoms. The number of hydrogen-bond acceptors (Lipinski definition) is 8. The SMILES string of the molecule is COC(=O)CCc1ccc(N(CCOS(C)(=O)=O)C(=O)Nc2ccc(C#N)cc2OC)cc1. The molecular formula is C22H25N3O7S. The van der Waals surface area contributed by atoms with Gasteiger partial charge in [-0.25, -0.2) is 4.79 Å². The smallest absolute Gasteiger partial charge is 0.326 e. The minimum absolute atomic E-state index is 0.0565. The van der Waals surface area contributed by atoms with Crippen molar-refractivity contribution in [1.29, 1.82) is 5.26 Å². The number of hydrogen-bond donors (Lipinski definition) is 1. The number of nitriles is 1. The van der Waals surface area contributed by atoms with Crippen LogP contribution in [0, 0.1) is 11.3 Å². The molecule has 1 N–H and O–H groups in total. The summed E-state index contributed by atoms with van der Waals surface area (Å²) in [7, 11) is -0.946. The number of aryl methyl sites for hydroxylation is 1. The van der Waals surface area contributed by atoms with Crippen LogP contribution in [0.5, 0.6) is 5.75 Å². The molecule has 33 heavy (non-hydrogen) atoms. The van der Waals surface area contributed by atoms with Crippen LogP contribution in [-0.2, 0) is 30.3 Å². The number of urea groups is 1. The van der Waals surface area contributed by atoms with Crippen molar-refractivity contribution in [3.8, 4) is 11.8 Å². The van der Waals surface area contributed by atoms with Gasteiger partial charge in [-0.3, -0.25) is 13.9 Å². The highest BCUT2D eigenvalue weighted by Crippen LogP contribution is 2.26. The Morgan fingerprint density at radius 2 is 1.82 bits per heavy atom. The van der Waals surface area contributed by atoms with Crippen LogP contribution in [0.3, 0.4) is 0 Å². The molecule has 2 aromatic rings. The van der Waals surface area contributed by atoms with Gasteiger partial charge in [0.05, 0.1) is 50.9 Å². The molecule has 0 fully saturated rings. The standard InChI is InChI=1S/C22H25N3O7S/c1-30-20-14-17(15-23)6-10-19(20)24-22(27)25(12-13-32-33(3,28)29)18-8-4-16(5-9-18)7-11-21(26)31-2/h4-6,8-10,14H,7,11-13H2,1-3H3,(H,24,27). The molecule has 0 aliphatic heterocycles. The number of esters is 1. The predicted molar refractivity (Wildman–Crippen MR) is 122 cm³/mol. The van der Waals surface area contributed by atoms with Gasteiger partial charge in [-0.1, -0.05) is 12.1 Å². The Morgan fingerprint density at radius 1 is 1.12 bits per heavy atom. The summed E-state index contributed by atoms with van der Waals surface area (Å²) in [6.45, 7) is -0.306. The third-order valence-electron chi connectivity index (χ3n) is 4.52. The number of methoxy groups -OCH3 is 2. The third-order valence-corrected chi connectivity index (χ3v) is 5.12. The summed E-state index contributed by atoms with van der Waals surface area (Å²) in [5.41, 5.74) is 2.06. The quantitative estimate of drug-likeness (QED) is 0.409. The molecule has 0 aliphatic carbocycles. The van der Waals surface area contributed by atoms with E-state index in [1.54, 1.807) is 24.3 Å². The molecule has 0 aromatic heterocycles. The van der Waals surface area contributed by atoms with Crippen molar-refractivity contribution in [2.45, 2.75) is 12.8 Å². The van der Waals surface area contributed by atoms with Gasteiger partial charge in [0.25, 0.3) is 10.1 Å². The normalized spacial score (nSPS) is 10.7. The van der Waals surface area contributed by atoms with Gasteiger partial charge in [-0.2, -0.15) is 13.7 Å². The van der Waals surface area contributed by atoms with E-state index < -0.39 is 16.1 Å². The van der Waals surface area contributed by atoms with E-state index in [1.807, 2.05) is 6.07 Å². The Labute approximate surface area is 192 Å². The first-order chi connectivity index (χ1) is 15.7. The molecule has 0 atom stereocenters. The first-order valence-electron chi connectivity index (χ1n) is 9.83. The maximum atomic E-state index is 13.1. The Morgan fingerprint density at radius 3 is 2.39 bits per heavy atom. The lowest BCUT2D eigenvalue weighted by Crippen LogP contribution is -2.38. The maximum absolute atomic E-state index is 13.1. The zero-order chi connectivity index (χ0) is 24.4. The second kappa shape index (κ2) is 11.8. The summed E-state index contributed by atoms with van der Waals surface area (Å²) < 4.78 is 37.3. The fourth-order valence-corrected chi connectivity index (χ4v) is 3.24. The summed E-state index contributed by atoms with van der Waals surface area (Å²) in [6.07, 6.45) is 1.62. The van der Waals surface area contributed by atoms with Crippen molar-refractivity contribution in [1.82, 2.24) is 0 Å². The molecule has 0 radical (unpaired) electrons. The lowest BCUT2D eigenvalue weighted by atomic mass is 10.1. The lowest BCUT2D eigenvalue weighted by Gasteiger charge is -2.24. The Kier molecular flexibility index (Phi) is 9.20. The van der Waals surface area contributed by atoms with E-state index in [1.165, 1.54) is 37.3 Å². The summed E-state index contributed by atoms with van der Waals surface area (Å²) in [6, 6.07) is 12.9. The predicted octanol–water partition coefficient (Wildman–Crippen LogP) is 2.69. The molecule has 176 valence electrons. The molecule has 2 aromatic carbocycles. The number of carbonyl (C=O) groups is 2. The Hall–Kier alpha value is -3.62. The molecule has 0 unspecified atom stereocenters. The summed E-state index contributed by atoms with van der Waals surface area (Å²) in [5, 5.41) is 11.8. The third kappa shape index (κ3) is 8.10. The molecule has 0 bridgehead atoms. The molecule has 0 saturated heterocycles. The number of anilines is 2. The number of nitrogens with zero attached hydrogens (tertiary/aromatic N) is 2. The highest BCUT2D eigenvalue weighted by atomic mass is 32.2. The van der Waals surface area contributed by atoms with E-state index in [2.05, 4.69) is 10.1 Å². The Balaban J connectivity index is 2.23. The largest absolute Gasteiger partial charge is 0.495 e. The van der Waals surface area contributed by atoms with Gasteiger partial charge in [0, 0.05) is 18.2 Å². The first kappa shape index (κ1) is 25.6. The number of carbonyl (C=O) groups excluding carboxylic acids is 2. The number of amides is 2. The lowest BCUT2D eigenvalue weighted by molar-refractivity contribution is -0.140. The number of benzene rings is 2. The van der Waals surface area contributed by atoms with Crippen molar-refractivity contribution < 1.29 is 31.7 Å². The number of rotatable bonds is 10. The average molecular weight is 476 g/mol. The minimum Gasteiger partial charge on any atom is -0.495 e. The number of nitrogens with one attached hydrogen (secondary N) is 1. The molecule has 0 heterocycles. The molecule has 0 saturated carbocycles. The zero-order valence-electron chi connectivity index (χ0n) is 18.5. The van der Waals surface area contributed by atoms with Gasteiger partial charge >= 0.3 is 12.0 Å². The second-order valence-electron chi connectivity index (χ2n) is 6.88. The van der Waals surface area contributed by atoms with E-state index in [0.29, 0.717) is 29.1 Å². The van der Waals surface area contributed by atoms with Crippen LogP contribution < -0.4 is 15.0 Å². The van der Waals surface area contributed by atoms with Crippen LogP contribution in [0.15, 0.2) is 42.5 Å². The van der Waals surface area contributed by atoms with E-state index in [9.17, 15) is 18.0 Å². The molecular weight excluding hydrogens is 450 g/mol. The summed E-state index contributed by atoms with van der Waals surface area (Å²) >= 11 is 0. The number of ether oxygens (including phenoxy) is 2. The van der Waals surface area contributed by atoms with E-state index in [-0.39, 0.29) is 25.5 Å². The van der Waals surface area contributed by atoms with Crippen LogP contribution in [0.1, 0.15) is 17.5 Å². The van der Waals surface area contributed by atoms with Gasteiger partial charge in [0.15, 0.2) is 0 Å². The second-order valence-corrected chi connectivity index (χ2v) is 8.52. The van der Waals surface area contributed by atoms with Crippen LogP contribution in [-0.4, -0.2) is 54.0 Å². The highest BCUT2D eigenvalue weighted by Gasteiger charge is 2.19. The van der Waals surface area contributed by atoms with Crippen molar-refractivity contribution in [2.24, 2.45) is 0 Å². The summed E-state index contributed by atoms with van der Waals surface area (Å²) in [4.78, 5) is 25.7. The fourth-order valence-electron chi connectivity index (χ4n) is 2.87. The monoisotopic (exact) mass is 475 g/mol. The molecule has 2 amide bonds. The minimum atomic E-state index is -3.68. The van der Waals surface area contributed by atoms with Gasteiger partial charge in [-0.05, 0) is 36.2 Å². The van der Waals surface area contributed by atoms with Gasteiger partial charge in [0.2, 0.25) is 0 Å². The summed E-state index contributed by atoms with van der Waals surface area (Å²) in [5.74, 6) is -0.0257. The molecule has 0 aliphatic rings. The van der Waals surface area contributed by atoms with Crippen LogP contribution in [0.4, 0.5) is 16.2 Å². The van der Waals surface area contributed by atoms with Crippen molar-refractivity contribution >= 4 is 33.5 Å². The topological polar surface area (TPSA) is 135 Å².